The Balaban J connectivity index is 3.09. The standard InChI is InChI=1S/C16H24Br2O2S/c1-13-6-5-7-14(10-13)16(11-17,12-18)8-9-21(19,20)15(2,3)4/h5-7,10H,8-9,11-12H2,1-4H3. The average Bonchev–Trinajstić information content (AvgIpc) is 2.39. The van der Waals surface area contributed by atoms with Crippen LogP contribution in [0.1, 0.15) is 38.3 Å². The molecule has 0 saturated carbocycles. The van der Waals surface area contributed by atoms with Crippen LogP contribution in [0.4, 0.5) is 0 Å². The van der Waals surface area contributed by atoms with E-state index in [4.69, 9.17) is 0 Å². The Hall–Kier alpha value is 0.130. The van der Waals surface area contributed by atoms with Gasteiger partial charge in [-0.05, 0) is 39.7 Å². The molecule has 1 aromatic carbocycles. The van der Waals surface area contributed by atoms with E-state index in [0.717, 1.165) is 10.7 Å². The van der Waals surface area contributed by atoms with Gasteiger partial charge in [-0.25, -0.2) is 8.42 Å². The molecule has 0 aliphatic carbocycles. The lowest BCUT2D eigenvalue weighted by Gasteiger charge is -2.32. The summed E-state index contributed by atoms with van der Waals surface area (Å²) in [7, 11) is -3.11. The third-order valence-corrected chi connectivity index (χ3v) is 8.68. The molecule has 5 heteroatoms. The second-order valence-electron chi connectivity index (χ2n) is 6.60. The van der Waals surface area contributed by atoms with Gasteiger partial charge in [0.05, 0.1) is 10.5 Å². The van der Waals surface area contributed by atoms with Crippen molar-refractivity contribution >= 4 is 41.7 Å². The van der Waals surface area contributed by atoms with Crippen molar-refractivity contribution in [3.05, 3.63) is 35.4 Å². The summed E-state index contributed by atoms with van der Waals surface area (Å²) >= 11 is 7.18. The Kier molecular flexibility index (Phi) is 6.52. The number of aryl methyl sites for hydroxylation is 1. The molecule has 0 amide bonds. The molecule has 0 unspecified atom stereocenters. The van der Waals surface area contributed by atoms with Crippen molar-refractivity contribution < 1.29 is 8.42 Å². The first-order valence-electron chi connectivity index (χ1n) is 6.99. The van der Waals surface area contributed by atoms with Gasteiger partial charge in [-0.1, -0.05) is 61.7 Å². The van der Waals surface area contributed by atoms with Crippen LogP contribution >= 0.6 is 31.9 Å². The molecule has 1 rings (SSSR count). The molecule has 0 aliphatic rings. The third-order valence-electron chi connectivity index (χ3n) is 3.92. The number of alkyl halides is 2. The van der Waals surface area contributed by atoms with Crippen LogP contribution in [0.3, 0.4) is 0 Å². The SMILES string of the molecule is Cc1cccc(C(CBr)(CBr)CCS(=O)(=O)C(C)(C)C)c1. The van der Waals surface area contributed by atoms with Crippen molar-refractivity contribution in [1.29, 1.82) is 0 Å². The van der Waals surface area contributed by atoms with E-state index in [0.29, 0.717) is 6.42 Å². The smallest absolute Gasteiger partial charge is 0.155 e. The normalized spacial score (nSPS) is 13.4. The van der Waals surface area contributed by atoms with E-state index in [1.54, 1.807) is 20.8 Å². The van der Waals surface area contributed by atoms with Gasteiger partial charge in [-0.15, -0.1) is 0 Å². The summed E-state index contributed by atoms with van der Waals surface area (Å²) in [5, 5.41) is 1.46. The van der Waals surface area contributed by atoms with E-state index in [-0.39, 0.29) is 11.2 Å². The van der Waals surface area contributed by atoms with Crippen LogP contribution in [0, 0.1) is 6.92 Å². The number of halogens is 2. The first-order chi connectivity index (χ1) is 9.58. The Morgan fingerprint density at radius 2 is 1.67 bits per heavy atom. The lowest BCUT2D eigenvalue weighted by atomic mass is 9.81. The fraction of sp³-hybridized carbons (Fsp3) is 0.625. The van der Waals surface area contributed by atoms with E-state index >= 15 is 0 Å². The molecule has 0 atom stereocenters. The lowest BCUT2D eigenvalue weighted by Crippen LogP contribution is -2.37. The maximum absolute atomic E-state index is 12.4. The molecule has 0 radical (unpaired) electrons. The first-order valence-corrected chi connectivity index (χ1v) is 10.9. The molecule has 0 N–H and O–H groups in total. The highest BCUT2D eigenvalue weighted by atomic mass is 79.9. The van der Waals surface area contributed by atoms with Crippen molar-refractivity contribution in [2.24, 2.45) is 0 Å². The van der Waals surface area contributed by atoms with Gasteiger partial charge in [-0.3, -0.25) is 0 Å². The zero-order chi connectivity index (χ0) is 16.3. The molecule has 120 valence electrons. The molecule has 0 bridgehead atoms. The highest BCUT2D eigenvalue weighted by Crippen LogP contribution is 2.34. The number of hydrogen-bond acceptors (Lipinski definition) is 2. The molecule has 0 aliphatic heterocycles. The minimum Gasteiger partial charge on any atom is -0.228 e. The van der Waals surface area contributed by atoms with Crippen LogP contribution < -0.4 is 0 Å². The molecule has 0 fully saturated rings. The number of hydrogen-bond donors (Lipinski definition) is 0. The van der Waals surface area contributed by atoms with Crippen LogP contribution in [-0.4, -0.2) is 29.6 Å². The van der Waals surface area contributed by atoms with Crippen LogP contribution in [0.2, 0.25) is 0 Å². The fourth-order valence-corrected chi connectivity index (χ4v) is 5.49. The molecule has 0 spiro atoms. The second-order valence-corrected chi connectivity index (χ2v) is 10.6. The van der Waals surface area contributed by atoms with Crippen LogP contribution in [0.15, 0.2) is 24.3 Å². The van der Waals surface area contributed by atoms with Crippen molar-refractivity contribution in [3.63, 3.8) is 0 Å². The molecule has 1 aromatic rings. The summed E-state index contributed by atoms with van der Waals surface area (Å²) in [6.45, 7) is 7.35. The van der Waals surface area contributed by atoms with E-state index < -0.39 is 14.6 Å². The molecule has 21 heavy (non-hydrogen) atoms. The van der Waals surface area contributed by atoms with Gasteiger partial charge in [0.15, 0.2) is 9.84 Å². The fourth-order valence-electron chi connectivity index (χ4n) is 2.08. The van der Waals surface area contributed by atoms with Gasteiger partial charge < -0.3 is 0 Å². The monoisotopic (exact) mass is 438 g/mol. The van der Waals surface area contributed by atoms with Gasteiger partial charge in [0, 0.05) is 16.1 Å². The Labute approximate surface area is 145 Å². The van der Waals surface area contributed by atoms with Crippen LogP contribution in [0.25, 0.3) is 0 Å². The molecule has 2 nitrogen and oxygen atoms in total. The summed E-state index contributed by atoms with van der Waals surface area (Å²) in [5.41, 5.74) is 2.17. The topological polar surface area (TPSA) is 34.1 Å². The van der Waals surface area contributed by atoms with E-state index in [2.05, 4.69) is 57.0 Å². The van der Waals surface area contributed by atoms with Crippen LogP contribution in [0.5, 0.6) is 0 Å². The van der Waals surface area contributed by atoms with Crippen molar-refractivity contribution in [2.75, 3.05) is 16.4 Å². The lowest BCUT2D eigenvalue weighted by molar-refractivity contribution is 0.511. The maximum Gasteiger partial charge on any atom is 0.155 e. The zero-order valence-corrected chi connectivity index (χ0v) is 17.1. The molecule has 0 heterocycles. The van der Waals surface area contributed by atoms with E-state index in [1.165, 1.54) is 11.1 Å². The first kappa shape index (κ1) is 19.2. The van der Waals surface area contributed by atoms with Crippen molar-refractivity contribution in [1.82, 2.24) is 0 Å². The van der Waals surface area contributed by atoms with Gasteiger partial charge in [0.1, 0.15) is 0 Å². The van der Waals surface area contributed by atoms with Gasteiger partial charge in [0.2, 0.25) is 0 Å². The minimum absolute atomic E-state index is 0.196. The Morgan fingerprint density at radius 1 is 1.10 bits per heavy atom. The van der Waals surface area contributed by atoms with E-state index in [1.807, 2.05) is 6.07 Å². The highest BCUT2D eigenvalue weighted by molar-refractivity contribution is 9.09. The van der Waals surface area contributed by atoms with Crippen molar-refractivity contribution in [3.8, 4) is 0 Å². The molecule has 0 saturated heterocycles. The van der Waals surface area contributed by atoms with Gasteiger partial charge in [-0.2, -0.15) is 0 Å². The Morgan fingerprint density at radius 3 is 2.10 bits per heavy atom. The summed E-state index contributed by atoms with van der Waals surface area (Å²) < 4.78 is 24.1. The predicted molar refractivity (Wildman–Crippen MR) is 98.6 cm³/mol. The van der Waals surface area contributed by atoms with Gasteiger partial charge >= 0.3 is 0 Å². The summed E-state index contributed by atoms with van der Waals surface area (Å²) in [6, 6.07) is 8.32. The summed E-state index contributed by atoms with van der Waals surface area (Å²) in [4.78, 5) is 0. The van der Waals surface area contributed by atoms with E-state index in [9.17, 15) is 8.42 Å². The maximum atomic E-state index is 12.4. The molecule has 0 aromatic heterocycles. The minimum atomic E-state index is -3.11. The summed E-state index contributed by atoms with van der Waals surface area (Å²) in [5.74, 6) is 0.196. The molecular weight excluding hydrogens is 416 g/mol. The average molecular weight is 440 g/mol. The highest BCUT2D eigenvalue weighted by Gasteiger charge is 2.35. The summed E-state index contributed by atoms with van der Waals surface area (Å²) in [6.07, 6.45) is 0.604. The number of benzene rings is 1. The Bertz CT molecular complexity index is 570. The predicted octanol–water partition coefficient (Wildman–Crippen LogP) is 4.63. The quantitative estimate of drug-likeness (QED) is 0.605. The molecular formula is C16H24Br2O2S. The third kappa shape index (κ3) is 4.55. The zero-order valence-electron chi connectivity index (χ0n) is 13.1. The van der Waals surface area contributed by atoms with Crippen LogP contribution in [-0.2, 0) is 15.3 Å². The van der Waals surface area contributed by atoms with Crippen molar-refractivity contribution in [2.45, 2.75) is 44.3 Å². The second kappa shape index (κ2) is 7.14. The number of sulfone groups is 1. The number of rotatable bonds is 6. The largest absolute Gasteiger partial charge is 0.228 e. The van der Waals surface area contributed by atoms with Gasteiger partial charge in [0.25, 0.3) is 0 Å².